The first-order valence-corrected chi connectivity index (χ1v) is 9.56. The van der Waals surface area contributed by atoms with Gasteiger partial charge in [-0.3, -0.25) is 4.79 Å². The fourth-order valence-electron chi connectivity index (χ4n) is 3.14. The van der Waals surface area contributed by atoms with Crippen LogP contribution in [-0.4, -0.2) is 23.5 Å². The molecule has 0 radical (unpaired) electrons. The van der Waals surface area contributed by atoms with Gasteiger partial charge in [-0.2, -0.15) is 5.26 Å². The van der Waals surface area contributed by atoms with E-state index in [1.165, 1.54) is 0 Å². The number of fused-ring (bicyclic) bond motifs is 1. The summed E-state index contributed by atoms with van der Waals surface area (Å²) in [7, 11) is 0. The predicted molar refractivity (Wildman–Crippen MR) is 117 cm³/mol. The first kappa shape index (κ1) is 19.8. The third-order valence-corrected chi connectivity index (χ3v) is 4.64. The van der Waals surface area contributed by atoms with E-state index in [0.717, 1.165) is 5.56 Å². The van der Waals surface area contributed by atoms with Crippen molar-refractivity contribution in [2.75, 3.05) is 11.9 Å². The number of rotatable bonds is 5. The number of ether oxygens (including phenoxy) is 1. The summed E-state index contributed by atoms with van der Waals surface area (Å²) in [6.45, 7) is -0.434. The van der Waals surface area contributed by atoms with Crippen molar-refractivity contribution in [1.82, 2.24) is 4.98 Å². The molecule has 150 valence electrons. The minimum absolute atomic E-state index is 0.343. The predicted octanol–water partition coefficient (Wildman–Crippen LogP) is 4.57. The Morgan fingerprint density at radius 2 is 1.65 bits per heavy atom. The van der Waals surface area contributed by atoms with Gasteiger partial charge in [0.2, 0.25) is 0 Å². The number of esters is 1. The summed E-state index contributed by atoms with van der Waals surface area (Å²) >= 11 is 0. The number of carbonyl (C=O) groups excluding carboxylic acids is 2. The topological polar surface area (TPSA) is 92.1 Å². The third-order valence-electron chi connectivity index (χ3n) is 4.64. The van der Waals surface area contributed by atoms with Gasteiger partial charge in [-0.05, 0) is 36.4 Å². The van der Waals surface area contributed by atoms with Gasteiger partial charge in [-0.25, -0.2) is 9.78 Å². The summed E-state index contributed by atoms with van der Waals surface area (Å²) in [5.41, 5.74) is 3.53. The summed E-state index contributed by atoms with van der Waals surface area (Å²) in [6.07, 6.45) is 0. The molecule has 0 saturated heterocycles. The van der Waals surface area contributed by atoms with Crippen LogP contribution in [0, 0.1) is 11.3 Å². The van der Waals surface area contributed by atoms with Crippen molar-refractivity contribution >= 4 is 28.5 Å². The van der Waals surface area contributed by atoms with Crippen LogP contribution in [-0.2, 0) is 9.53 Å². The summed E-state index contributed by atoms with van der Waals surface area (Å²) in [5, 5.41) is 12.1. The number of carbonyl (C=O) groups is 2. The monoisotopic (exact) mass is 407 g/mol. The second-order valence-corrected chi connectivity index (χ2v) is 6.75. The van der Waals surface area contributed by atoms with Crippen LogP contribution in [0.3, 0.4) is 0 Å². The van der Waals surface area contributed by atoms with Crippen molar-refractivity contribution in [3.8, 4) is 17.3 Å². The van der Waals surface area contributed by atoms with Crippen molar-refractivity contribution < 1.29 is 14.3 Å². The highest BCUT2D eigenvalue weighted by atomic mass is 16.5. The molecule has 4 rings (SSSR count). The van der Waals surface area contributed by atoms with E-state index in [2.05, 4.69) is 10.3 Å². The van der Waals surface area contributed by atoms with Gasteiger partial charge in [0.15, 0.2) is 6.61 Å². The Bertz CT molecular complexity index is 1290. The lowest BCUT2D eigenvalue weighted by Gasteiger charge is -2.10. The molecule has 1 amide bonds. The van der Waals surface area contributed by atoms with E-state index < -0.39 is 18.5 Å². The molecule has 1 heterocycles. The minimum atomic E-state index is -0.606. The molecule has 4 aromatic rings. The number of benzene rings is 3. The Morgan fingerprint density at radius 3 is 2.39 bits per heavy atom. The zero-order chi connectivity index (χ0) is 21.6. The second kappa shape index (κ2) is 8.89. The van der Waals surface area contributed by atoms with Gasteiger partial charge in [-0.15, -0.1) is 0 Å². The molecule has 0 fully saturated rings. The number of nitrogens with one attached hydrogen (secondary N) is 1. The lowest BCUT2D eigenvalue weighted by atomic mass is 10.0. The average Bonchev–Trinajstić information content (AvgIpc) is 2.83. The van der Waals surface area contributed by atoms with Gasteiger partial charge in [0, 0.05) is 16.6 Å². The molecule has 0 saturated carbocycles. The average molecular weight is 407 g/mol. The molecule has 3 aromatic carbocycles. The summed E-state index contributed by atoms with van der Waals surface area (Å²) < 4.78 is 5.27. The van der Waals surface area contributed by atoms with Gasteiger partial charge in [-0.1, -0.05) is 48.5 Å². The van der Waals surface area contributed by atoms with Gasteiger partial charge >= 0.3 is 5.97 Å². The molecule has 6 heteroatoms. The lowest BCUT2D eigenvalue weighted by Crippen LogP contribution is -2.21. The quantitative estimate of drug-likeness (QED) is 0.489. The number of hydrogen-bond donors (Lipinski definition) is 1. The molecule has 0 atom stereocenters. The highest BCUT2D eigenvalue weighted by Crippen LogP contribution is 2.25. The van der Waals surface area contributed by atoms with Crippen LogP contribution >= 0.6 is 0 Å². The van der Waals surface area contributed by atoms with Gasteiger partial charge in [0.25, 0.3) is 5.91 Å². The molecule has 31 heavy (non-hydrogen) atoms. The number of anilines is 1. The largest absolute Gasteiger partial charge is 0.452 e. The van der Waals surface area contributed by atoms with Gasteiger partial charge in [0.1, 0.15) is 0 Å². The Labute approximate surface area is 178 Å². The van der Waals surface area contributed by atoms with Crippen molar-refractivity contribution in [3.05, 3.63) is 96.1 Å². The zero-order valence-electron chi connectivity index (χ0n) is 16.4. The molecule has 0 aliphatic heterocycles. The summed E-state index contributed by atoms with van der Waals surface area (Å²) in [4.78, 5) is 29.6. The molecule has 0 spiro atoms. The van der Waals surface area contributed by atoms with E-state index in [1.807, 2.05) is 54.6 Å². The number of para-hydroxylation sites is 1. The molecular formula is C25H17N3O3. The molecule has 1 aromatic heterocycles. The Balaban J connectivity index is 1.53. The van der Waals surface area contributed by atoms with E-state index in [1.54, 1.807) is 36.4 Å². The van der Waals surface area contributed by atoms with Crippen LogP contribution in [0.15, 0.2) is 84.9 Å². The number of nitrogens with zero attached hydrogens (tertiary/aromatic N) is 2. The Morgan fingerprint density at radius 1 is 0.935 bits per heavy atom. The molecule has 6 nitrogen and oxygen atoms in total. The number of amides is 1. The molecule has 1 N–H and O–H groups in total. The van der Waals surface area contributed by atoms with Gasteiger partial charge < -0.3 is 10.1 Å². The van der Waals surface area contributed by atoms with E-state index in [9.17, 15) is 9.59 Å². The van der Waals surface area contributed by atoms with Gasteiger partial charge in [0.05, 0.1) is 28.4 Å². The number of aromatic nitrogens is 1. The summed E-state index contributed by atoms with van der Waals surface area (Å²) in [5.74, 6) is -1.08. The van der Waals surface area contributed by atoms with Crippen LogP contribution in [0.2, 0.25) is 0 Å². The fourth-order valence-corrected chi connectivity index (χ4v) is 3.14. The Kier molecular flexibility index (Phi) is 5.68. The number of nitriles is 1. The maximum absolute atomic E-state index is 12.8. The normalized spacial score (nSPS) is 10.3. The second-order valence-electron chi connectivity index (χ2n) is 6.75. The van der Waals surface area contributed by atoms with Crippen LogP contribution in [0.1, 0.15) is 15.9 Å². The maximum Gasteiger partial charge on any atom is 0.339 e. The standard InChI is InChI=1S/C25H17N3O3/c26-15-17-10-12-19(13-11-17)27-24(29)16-31-25(30)21-14-23(18-6-2-1-3-7-18)28-22-9-5-4-8-20(21)22/h1-14H,16H2,(H,27,29). The fraction of sp³-hybridized carbons (Fsp3) is 0.0400. The number of hydrogen-bond acceptors (Lipinski definition) is 5. The molecule has 0 bridgehead atoms. The van der Waals surface area contributed by atoms with E-state index in [4.69, 9.17) is 10.00 Å². The van der Waals surface area contributed by atoms with E-state index in [0.29, 0.717) is 33.4 Å². The molecule has 0 aliphatic carbocycles. The van der Waals surface area contributed by atoms with Crippen LogP contribution in [0.5, 0.6) is 0 Å². The van der Waals surface area contributed by atoms with Crippen LogP contribution in [0.4, 0.5) is 5.69 Å². The van der Waals surface area contributed by atoms with Crippen molar-refractivity contribution in [3.63, 3.8) is 0 Å². The number of pyridine rings is 1. The smallest absolute Gasteiger partial charge is 0.339 e. The van der Waals surface area contributed by atoms with Crippen LogP contribution < -0.4 is 5.32 Å². The summed E-state index contributed by atoms with van der Waals surface area (Å²) in [6, 6.07) is 26.9. The van der Waals surface area contributed by atoms with Crippen molar-refractivity contribution in [2.45, 2.75) is 0 Å². The first-order valence-electron chi connectivity index (χ1n) is 9.56. The highest BCUT2D eigenvalue weighted by molar-refractivity contribution is 6.05. The molecule has 0 unspecified atom stereocenters. The SMILES string of the molecule is N#Cc1ccc(NC(=O)COC(=O)c2cc(-c3ccccc3)nc3ccccc23)cc1. The molecule has 0 aliphatic rings. The zero-order valence-corrected chi connectivity index (χ0v) is 16.4. The van der Waals surface area contributed by atoms with E-state index in [-0.39, 0.29) is 0 Å². The van der Waals surface area contributed by atoms with Crippen LogP contribution in [0.25, 0.3) is 22.2 Å². The van der Waals surface area contributed by atoms with E-state index >= 15 is 0 Å². The lowest BCUT2D eigenvalue weighted by molar-refractivity contribution is -0.119. The maximum atomic E-state index is 12.8. The Hall–Kier alpha value is -4.50. The first-order chi connectivity index (χ1) is 15.1. The minimum Gasteiger partial charge on any atom is -0.452 e. The highest BCUT2D eigenvalue weighted by Gasteiger charge is 2.16. The third kappa shape index (κ3) is 4.57. The van der Waals surface area contributed by atoms with Crippen molar-refractivity contribution in [2.24, 2.45) is 0 Å². The molecular weight excluding hydrogens is 390 g/mol. The van der Waals surface area contributed by atoms with Crippen molar-refractivity contribution in [1.29, 1.82) is 5.26 Å².